The molecule has 6 aromatic carbocycles. The first-order chi connectivity index (χ1) is 21.2. The van der Waals surface area contributed by atoms with Gasteiger partial charge >= 0.3 is 0 Å². The second-order valence-electron chi connectivity index (χ2n) is 11.0. The average Bonchev–Trinajstić information content (AvgIpc) is 3.60. The number of allylic oxidation sites excluding steroid dienone is 5. The van der Waals surface area contributed by atoms with Gasteiger partial charge < -0.3 is 10.2 Å². The van der Waals surface area contributed by atoms with Gasteiger partial charge in [-0.1, -0.05) is 103 Å². The van der Waals surface area contributed by atoms with Crippen molar-refractivity contribution in [3.05, 3.63) is 151 Å². The lowest BCUT2D eigenvalue weighted by Crippen LogP contribution is -2.10. The summed E-state index contributed by atoms with van der Waals surface area (Å²) in [5.74, 6) is 0. The van der Waals surface area contributed by atoms with Crippen molar-refractivity contribution in [3.63, 3.8) is 0 Å². The van der Waals surface area contributed by atoms with E-state index in [1.807, 2.05) is 48.6 Å². The Kier molecular flexibility index (Phi) is 5.02. The first kappa shape index (κ1) is 23.8. The Morgan fingerprint density at radius 3 is 1.91 bits per heavy atom. The molecule has 1 aliphatic rings. The Morgan fingerprint density at radius 2 is 1.19 bits per heavy atom. The smallest absolute Gasteiger partial charge is 0.136 e. The van der Waals surface area contributed by atoms with Gasteiger partial charge in [-0.3, -0.25) is 0 Å². The number of para-hydroxylation sites is 1. The molecule has 0 saturated heterocycles. The maximum Gasteiger partial charge on any atom is 0.136 e. The number of nitrogens with two attached hydrogens (primary N) is 1. The fraction of sp³-hybridized carbons (Fsp3) is 0. The van der Waals surface area contributed by atoms with E-state index in [2.05, 4.69) is 95.7 Å². The van der Waals surface area contributed by atoms with E-state index < -0.39 is 0 Å². The van der Waals surface area contributed by atoms with Crippen LogP contribution in [0.1, 0.15) is 5.56 Å². The molecule has 0 spiro atoms. The van der Waals surface area contributed by atoms with Gasteiger partial charge in [0.2, 0.25) is 0 Å². The number of aromatic nitrogens is 1. The molecule has 0 saturated carbocycles. The SMILES string of the molecule is N/C(=C1/C=CC=CC1=Nn1c2ccc3ccccc3c2c2c3ccccc3ccc21)c1ccc2c(c1)oc1ccccc12. The van der Waals surface area contributed by atoms with E-state index in [0.717, 1.165) is 49.8 Å². The van der Waals surface area contributed by atoms with Gasteiger partial charge in [-0.05, 0) is 58.0 Å². The highest BCUT2D eigenvalue weighted by atomic mass is 16.3. The average molecular weight is 552 g/mol. The van der Waals surface area contributed by atoms with Crippen LogP contribution in [0, 0.1) is 0 Å². The van der Waals surface area contributed by atoms with Crippen molar-refractivity contribution in [3.8, 4) is 0 Å². The number of benzene rings is 6. The predicted molar refractivity (Wildman–Crippen MR) is 180 cm³/mol. The van der Waals surface area contributed by atoms with E-state index in [9.17, 15) is 0 Å². The van der Waals surface area contributed by atoms with E-state index >= 15 is 0 Å². The van der Waals surface area contributed by atoms with Crippen molar-refractivity contribution >= 4 is 76.7 Å². The highest BCUT2D eigenvalue weighted by Crippen LogP contribution is 2.39. The lowest BCUT2D eigenvalue weighted by atomic mass is 9.98. The van der Waals surface area contributed by atoms with Crippen molar-refractivity contribution in [2.45, 2.75) is 0 Å². The zero-order valence-corrected chi connectivity index (χ0v) is 23.2. The molecule has 0 fully saturated rings. The molecule has 4 nitrogen and oxygen atoms in total. The first-order valence-corrected chi connectivity index (χ1v) is 14.4. The molecule has 0 unspecified atom stereocenters. The Balaban J connectivity index is 1.30. The standard InChI is InChI=1S/C39H25N3O/c40-39(26-17-20-30-29-13-6-8-16-35(29)43-36(30)23-26)31-14-5-7-15-32(31)41-42-33-21-18-24-9-1-3-11-27(24)37(33)38-28-12-4-2-10-25(28)19-22-34(38)42/h1-23H,40H2/b39-31-,41-32?. The zero-order valence-electron chi connectivity index (χ0n) is 23.2. The van der Waals surface area contributed by atoms with Crippen LogP contribution >= 0.6 is 0 Å². The number of hydrogen-bond donors (Lipinski definition) is 1. The summed E-state index contributed by atoms with van der Waals surface area (Å²) in [7, 11) is 0. The maximum absolute atomic E-state index is 6.91. The van der Waals surface area contributed by atoms with Crippen LogP contribution in [0.2, 0.25) is 0 Å². The minimum atomic E-state index is 0.651. The van der Waals surface area contributed by atoms with Gasteiger partial charge in [-0.25, -0.2) is 4.68 Å². The summed E-state index contributed by atoms with van der Waals surface area (Å²) >= 11 is 0. The minimum Gasteiger partial charge on any atom is -0.456 e. The fourth-order valence-corrected chi connectivity index (χ4v) is 6.58. The molecule has 9 rings (SSSR count). The van der Waals surface area contributed by atoms with Crippen LogP contribution in [0.3, 0.4) is 0 Å². The number of rotatable bonds is 2. The fourth-order valence-electron chi connectivity index (χ4n) is 6.58. The summed E-state index contributed by atoms with van der Waals surface area (Å²) in [5, 5.41) is 14.8. The molecule has 2 N–H and O–H groups in total. The molecule has 0 atom stereocenters. The van der Waals surface area contributed by atoms with Crippen molar-refractivity contribution in [2.75, 3.05) is 0 Å². The molecule has 202 valence electrons. The van der Waals surface area contributed by atoms with Crippen LogP contribution in [-0.2, 0) is 0 Å². The number of hydrogen-bond acceptors (Lipinski definition) is 3. The second-order valence-corrected chi connectivity index (χ2v) is 11.0. The Morgan fingerprint density at radius 1 is 0.581 bits per heavy atom. The number of fused-ring (bicyclic) bond motifs is 10. The van der Waals surface area contributed by atoms with E-state index in [0.29, 0.717) is 5.70 Å². The van der Waals surface area contributed by atoms with Crippen LogP contribution in [0.4, 0.5) is 0 Å². The summed E-state index contributed by atoms with van der Waals surface area (Å²) in [5.41, 5.74) is 13.9. The maximum atomic E-state index is 6.91. The van der Waals surface area contributed by atoms with Crippen molar-refractivity contribution in [2.24, 2.45) is 10.8 Å². The summed E-state index contributed by atoms with van der Waals surface area (Å²) in [6.07, 6.45) is 8.09. The summed E-state index contributed by atoms with van der Waals surface area (Å²) in [4.78, 5) is 0. The third-order valence-electron chi connectivity index (χ3n) is 8.61. The van der Waals surface area contributed by atoms with E-state index in [1.54, 1.807) is 0 Å². The van der Waals surface area contributed by atoms with Gasteiger partial charge in [-0.15, -0.1) is 0 Å². The molecule has 43 heavy (non-hydrogen) atoms. The third-order valence-corrected chi connectivity index (χ3v) is 8.61. The van der Waals surface area contributed by atoms with Crippen LogP contribution in [0.15, 0.2) is 155 Å². The van der Waals surface area contributed by atoms with Crippen molar-refractivity contribution in [1.82, 2.24) is 4.68 Å². The van der Waals surface area contributed by atoms with Crippen LogP contribution < -0.4 is 5.73 Å². The largest absolute Gasteiger partial charge is 0.456 e. The molecule has 2 heterocycles. The van der Waals surface area contributed by atoms with E-state index in [-0.39, 0.29) is 0 Å². The predicted octanol–water partition coefficient (Wildman–Crippen LogP) is 9.70. The molecule has 4 heteroatoms. The van der Waals surface area contributed by atoms with Gasteiger partial charge in [0.15, 0.2) is 0 Å². The normalized spacial score (nSPS) is 15.7. The molecule has 2 aromatic heterocycles. The summed E-state index contributed by atoms with van der Waals surface area (Å²) < 4.78 is 8.25. The molecule has 0 amide bonds. The molecule has 0 radical (unpaired) electrons. The molecule has 0 bridgehead atoms. The van der Waals surface area contributed by atoms with Crippen molar-refractivity contribution in [1.29, 1.82) is 0 Å². The summed E-state index contributed by atoms with van der Waals surface area (Å²) in [6, 6.07) is 40.2. The lowest BCUT2D eigenvalue weighted by Gasteiger charge is -2.13. The van der Waals surface area contributed by atoms with Crippen LogP contribution in [0.25, 0.3) is 71.0 Å². The molecular formula is C39H25N3O. The lowest BCUT2D eigenvalue weighted by molar-refractivity contribution is 0.669. The molecule has 0 aliphatic heterocycles. The first-order valence-electron chi connectivity index (χ1n) is 14.4. The number of nitrogens with zero attached hydrogens (tertiary/aromatic N) is 2. The second kappa shape index (κ2) is 9.07. The number of furan rings is 1. The zero-order chi connectivity index (χ0) is 28.5. The Labute approximate surface area is 246 Å². The Bertz CT molecular complexity index is 2480. The van der Waals surface area contributed by atoms with Gasteiger partial charge in [-0.2, -0.15) is 5.10 Å². The van der Waals surface area contributed by atoms with E-state index in [1.165, 1.54) is 32.3 Å². The van der Waals surface area contributed by atoms with Crippen LogP contribution in [0.5, 0.6) is 0 Å². The van der Waals surface area contributed by atoms with Gasteiger partial charge in [0.05, 0.1) is 16.7 Å². The topological polar surface area (TPSA) is 56.4 Å². The van der Waals surface area contributed by atoms with Gasteiger partial charge in [0, 0.05) is 38.4 Å². The minimum absolute atomic E-state index is 0.651. The van der Waals surface area contributed by atoms with E-state index in [4.69, 9.17) is 15.3 Å². The molecule has 8 aromatic rings. The molecular weight excluding hydrogens is 526 g/mol. The summed E-state index contributed by atoms with van der Waals surface area (Å²) in [6.45, 7) is 0. The Hall–Kier alpha value is -5.87. The monoisotopic (exact) mass is 551 g/mol. The van der Waals surface area contributed by atoms with Gasteiger partial charge in [0.25, 0.3) is 0 Å². The highest BCUT2D eigenvalue weighted by Gasteiger charge is 2.18. The quantitative estimate of drug-likeness (QED) is 0.232. The van der Waals surface area contributed by atoms with Crippen molar-refractivity contribution < 1.29 is 4.42 Å². The molecule has 1 aliphatic carbocycles. The van der Waals surface area contributed by atoms with Gasteiger partial charge in [0.1, 0.15) is 11.2 Å². The van der Waals surface area contributed by atoms with Crippen LogP contribution in [-0.4, -0.2) is 10.4 Å². The highest BCUT2D eigenvalue weighted by molar-refractivity contribution is 6.28. The third kappa shape index (κ3) is 3.53.